The summed E-state index contributed by atoms with van der Waals surface area (Å²) in [6.07, 6.45) is 1.03. The van der Waals surface area contributed by atoms with Crippen LogP contribution in [0.2, 0.25) is 0 Å². The molecule has 1 heterocycles. The lowest BCUT2D eigenvalue weighted by molar-refractivity contribution is -0.140. The third-order valence-corrected chi connectivity index (χ3v) is 4.54. The summed E-state index contributed by atoms with van der Waals surface area (Å²) in [6, 6.07) is -0.595. The number of hydrogen-bond donors (Lipinski definition) is 2. The second-order valence-corrected chi connectivity index (χ2v) is 5.73. The molecule has 1 rings (SSSR count). The minimum absolute atomic E-state index is 0.101. The van der Waals surface area contributed by atoms with Gasteiger partial charge in [0.2, 0.25) is 11.8 Å². The number of carbonyl (C=O) groups is 2. The Bertz CT molecular complexity index is 404. The van der Waals surface area contributed by atoms with Crippen LogP contribution in [0.1, 0.15) is 33.6 Å². The van der Waals surface area contributed by atoms with Gasteiger partial charge in [0.15, 0.2) is 0 Å². The van der Waals surface area contributed by atoms with Gasteiger partial charge in [-0.1, -0.05) is 26.1 Å². The zero-order chi connectivity index (χ0) is 16.0. The molecule has 21 heavy (non-hydrogen) atoms. The van der Waals surface area contributed by atoms with Crippen molar-refractivity contribution in [3.63, 3.8) is 0 Å². The number of thiocarbonyl (C=S) groups is 1. The molecule has 0 aliphatic carbocycles. The molecule has 6 nitrogen and oxygen atoms in total. The Morgan fingerprint density at radius 3 is 2.29 bits per heavy atom. The minimum Gasteiger partial charge on any atom is -0.392 e. The maximum Gasteiger partial charge on any atom is 0.245 e. The first-order valence-electron chi connectivity index (χ1n) is 7.36. The number of hydrogen-bond acceptors (Lipinski definition) is 4. The van der Waals surface area contributed by atoms with Crippen LogP contribution >= 0.6 is 12.2 Å². The van der Waals surface area contributed by atoms with Gasteiger partial charge < -0.3 is 20.7 Å². The number of ether oxygens (including phenoxy) is 1. The van der Waals surface area contributed by atoms with Crippen LogP contribution in [0.15, 0.2) is 0 Å². The molecule has 1 atom stereocenters. The molecule has 0 aromatic carbocycles. The maximum absolute atomic E-state index is 12.5. The normalized spacial score (nSPS) is 17.2. The Labute approximate surface area is 131 Å². The van der Waals surface area contributed by atoms with Crippen LogP contribution < -0.4 is 11.1 Å². The van der Waals surface area contributed by atoms with Crippen molar-refractivity contribution in [1.29, 1.82) is 0 Å². The summed E-state index contributed by atoms with van der Waals surface area (Å²) in [5, 5.41) is 2.76. The van der Waals surface area contributed by atoms with E-state index in [1.165, 1.54) is 0 Å². The summed E-state index contributed by atoms with van der Waals surface area (Å²) < 4.78 is 5.22. The Hall–Kier alpha value is -1.21. The highest BCUT2D eigenvalue weighted by atomic mass is 32.1. The molecule has 0 aromatic rings. The van der Waals surface area contributed by atoms with Gasteiger partial charge in [0.05, 0.1) is 23.6 Å². The van der Waals surface area contributed by atoms with Crippen LogP contribution in [0.5, 0.6) is 0 Å². The fourth-order valence-electron chi connectivity index (χ4n) is 2.49. The van der Waals surface area contributed by atoms with Crippen molar-refractivity contribution in [3.8, 4) is 0 Å². The van der Waals surface area contributed by atoms with Crippen LogP contribution in [-0.2, 0) is 14.3 Å². The Morgan fingerprint density at radius 1 is 1.33 bits per heavy atom. The predicted molar refractivity (Wildman–Crippen MR) is 84.8 cm³/mol. The van der Waals surface area contributed by atoms with Crippen LogP contribution in [0.4, 0.5) is 0 Å². The zero-order valence-corrected chi connectivity index (χ0v) is 13.8. The summed E-state index contributed by atoms with van der Waals surface area (Å²) in [5.41, 5.74) is 4.87. The average Bonchev–Trinajstić information content (AvgIpc) is 2.48. The molecule has 1 aliphatic rings. The van der Waals surface area contributed by atoms with E-state index in [-0.39, 0.29) is 16.8 Å². The minimum atomic E-state index is -0.880. The Kier molecular flexibility index (Phi) is 6.54. The van der Waals surface area contributed by atoms with Gasteiger partial charge in [-0.3, -0.25) is 9.59 Å². The SMILES string of the molecule is CCC(CC)(C(=O)NC(C)C(=O)N1CCOCC1)C(N)=S. The molecule has 0 aromatic heterocycles. The molecular weight excluding hydrogens is 290 g/mol. The predicted octanol–water partition coefficient (Wildman–Crippen LogP) is 0.442. The maximum atomic E-state index is 12.5. The summed E-state index contributed by atoms with van der Waals surface area (Å²) in [7, 11) is 0. The van der Waals surface area contributed by atoms with Gasteiger partial charge in [0.1, 0.15) is 6.04 Å². The lowest BCUT2D eigenvalue weighted by Crippen LogP contribution is -2.55. The van der Waals surface area contributed by atoms with Crippen molar-refractivity contribution in [1.82, 2.24) is 10.2 Å². The first-order chi connectivity index (χ1) is 9.89. The number of nitrogens with zero attached hydrogens (tertiary/aromatic N) is 1. The van der Waals surface area contributed by atoms with E-state index >= 15 is 0 Å². The van der Waals surface area contributed by atoms with Crippen LogP contribution in [0.25, 0.3) is 0 Å². The lowest BCUT2D eigenvalue weighted by atomic mass is 9.81. The molecule has 3 N–H and O–H groups in total. The monoisotopic (exact) mass is 315 g/mol. The van der Waals surface area contributed by atoms with Crippen LogP contribution in [0.3, 0.4) is 0 Å². The van der Waals surface area contributed by atoms with Crippen LogP contribution in [0, 0.1) is 5.41 Å². The number of carbonyl (C=O) groups excluding carboxylic acids is 2. The van der Waals surface area contributed by atoms with Gasteiger partial charge in [-0.05, 0) is 19.8 Å². The molecule has 2 amide bonds. The average molecular weight is 315 g/mol. The van der Waals surface area contributed by atoms with E-state index in [1.807, 2.05) is 13.8 Å². The third-order valence-electron chi connectivity index (χ3n) is 4.15. The third kappa shape index (κ3) is 3.91. The quantitative estimate of drug-likeness (QED) is 0.695. The number of nitrogens with two attached hydrogens (primary N) is 1. The first-order valence-corrected chi connectivity index (χ1v) is 7.77. The topological polar surface area (TPSA) is 84.7 Å². The summed E-state index contributed by atoms with van der Waals surface area (Å²) >= 11 is 5.05. The second-order valence-electron chi connectivity index (χ2n) is 5.29. The first kappa shape index (κ1) is 17.8. The van der Waals surface area contributed by atoms with E-state index in [0.29, 0.717) is 39.1 Å². The van der Waals surface area contributed by atoms with Gasteiger partial charge in [-0.15, -0.1) is 0 Å². The van der Waals surface area contributed by atoms with Crippen molar-refractivity contribution < 1.29 is 14.3 Å². The van der Waals surface area contributed by atoms with Gasteiger partial charge in [0.25, 0.3) is 0 Å². The molecule has 1 saturated heterocycles. The molecule has 0 saturated carbocycles. The van der Waals surface area contributed by atoms with E-state index in [4.69, 9.17) is 22.7 Å². The van der Waals surface area contributed by atoms with E-state index in [2.05, 4.69) is 5.32 Å². The molecule has 0 spiro atoms. The highest BCUT2D eigenvalue weighted by Gasteiger charge is 2.39. The molecule has 1 fully saturated rings. The Morgan fingerprint density at radius 2 is 1.86 bits per heavy atom. The van der Waals surface area contributed by atoms with Crippen LogP contribution in [-0.4, -0.2) is 54.0 Å². The van der Waals surface area contributed by atoms with Crippen molar-refractivity contribution in [3.05, 3.63) is 0 Å². The van der Waals surface area contributed by atoms with Gasteiger partial charge in [-0.25, -0.2) is 0 Å². The highest BCUT2D eigenvalue weighted by Crippen LogP contribution is 2.27. The van der Waals surface area contributed by atoms with Crippen molar-refractivity contribution in [2.75, 3.05) is 26.3 Å². The second kappa shape index (κ2) is 7.70. The summed E-state index contributed by atoms with van der Waals surface area (Å²) in [5.74, 6) is -0.371. The van der Waals surface area contributed by atoms with Crippen molar-refractivity contribution >= 4 is 29.0 Å². The fourth-order valence-corrected chi connectivity index (χ4v) is 2.87. The van der Waals surface area contributed by atoms with E-state index in [9.17, 15) is 9.59 Å². The largest absolute Gasteiger partial charge is 0.392 e. The highest BCUT2D eigenvalue weighted by molar-refractivity contribution is 7.80. The number of rotatable bonds is 6. The van der Waals surface area contributed by atoms with Gasteiger partial charge in [-0.2, -0.15) is 0 Å². The molecule has 0 radical (unpaired) electrons. The molecule has 7 heteroatoms. The molecule has 1 unspecified atom stereocenters. The van der Waals surface area contributed by atoms with Gasteiger partial charge >= 0.3 is 0 Å². The lowest BCUT2D eigenvalue weighted by Gasteiger charge is -2.33. The number of nitrogens with one attached hydrogen (secondary N) is 1. The van der Waals surface area contributed by atoms with E-state index in [1.54, 1.807) is 11.8 Å². The van der Waals surface area contributed by atoms with Gasteiger partial charge in [0, 0.05) is 13.1 Å². The standard InChI is InChI=1S/C14H25N3O3S/c1-4-14(5-2,12(15)21)13(19)16-10(3)11(18)17-6-8-20-9-7-17/h10H,4-9H2,1-3H3,(H2,15,21)(H,16,19). The number of amides is 2. The Balaban J connectivity index is 2.71. The zero-order valence-electron chi connectivity index (χ0n) is 13.0. The summed E-state index contributed by atoms with van der Waals surface area (Å²) in [4.78, 5) is 26.7. The number of morpholine rings is 1. The van der Waals surface area contributed by atoms with Crippen molar-refractivity contribution in [2.24, 2.45) is 11.1 Å². The van der Waals surface area contributed by atoms with Crippen molar-refractivity contribution in [2.45, 2.75) is 39.7 Å². The smallest absolute Gasteiger partial charge is 0.245 e. The summed E-state index contributed by atoms with van der Waals surface area (Å²) in [6.45, 7) is 7.61. The van der Waals surface area contributed by atoms with E-state index < -0.39 is 11.5 Å². The molecule has 0 bridgehead atoms. The molecular formula is C14H25N3O3S. The fraction of sp³-hybridized carbons (Fsp3) is 0.786. The molecule has 120 valence electrons. The molecule has 1 aliphatic heterocycles. The van der Waals surface area contributed by atoms with E-state index in [0.717, 1.165) is 0 Å².